The summed E-state index contributed by atoms with van der Waals surface area (Å²) in [5, 5.41) is 11.8. The average molecular weight is 306 g/mol. The van der Waals surface area contributed by atoms with Crippen molar-refractivity contribution in [1.29, 1.82) is 0 Å². The third-order valence-electron chi connectivity index (χ3n) is 3.16. The van der Waals surface area contributed by atoms with Gasteiger partial charge >= 0.3 is 5.97 Å². The molecule has 0 atom stereocenters. The highest BCUT2D eigenvalue weighted by Gasteiger charge is 2.14. The number of carboxylic acids is 1. The first-order valence-corrected chi connectivity index (χ1v) is 6.77. The molecule has 6 nitrogen and oxygen atoms in total. The molecule has 2 aromatic rings. The van der Waals surface area contributed by atoms with Crippen molar-refractivity contribution >= 4 is 22.8 Å². The van der Waals surface area contributed by atoms with Crippen LogP contribution < -0.4 is 10.9 Å². The van der Waals surface area contributed by atoms with Crippen LogP contribution in [-0.2, 0) is 11.3 Å². The zero-order valence-electron chi connectivity index (χ0n) is 11.9. The van der Waals surface area contributed by atoms with Crippen LogP contribution in [0.1, 0.15) is 23.7 Å². The van der Waals surface area contributed by atoms with Gasteiger partial charge in [-0.3, -0.25) is 14.2 Å². The predicted molar refractivity (Wildman–Crippen MR) is 78.4 cm³/mol. The Labute approximate surface area is 125 Å². The number of halogens is 1. The zero-order chi connectivity index (χ0) is 16.3. The van der Waals surface area contributed by atoms with Gasteiger partial charge in [-0.2, -0.15) is 0 Å². The van der Waals surface area contributed by atoms with Gasteiger partial charge < -0.3 is 10.4 Å². The summed E-state index contributed by atoms with van der Waals surface area (Å²) in [6, 6.07) is 4.62. The number of pyridine rings is 1. The van der Waals surface area contributed by atoms with Crippen molar-refractivity contribution in [3.8, 4) is 0 Å². The molecule has 0 saturated carbocycles. The van der Waals surface area contributed by atoms with E-state index in [0.29, 0.717) is 6.54 Å². The second-order valence-corrected chi connectivity index (χ2v) is 4.81. The minimum atomic E-state index is -1.26. The SMILES string of the molecule is CCCNC(=O)Cn1c(=O)ccc2cc(C(=O)O)cc(F)c21. The van der Waals surface area contributed by atoms with Gasteiger partial charge in [0.05, 0.1) is 11.1 Å². The minimum Gasteiger partial charge on any atom is -0.478 e. The van der Waals surface area contributed by atoms with Crippen molar-refractivity contribution in [2.24, 2.45) is 0 Å². The summed E-state index contributed by atoms with van der Waals surface area (Å²) < 4.78 is 15.2. The maximum atomic E-state index is 14.2. The number of aromatic carboxylic acids is 1. The number of carbonyl (C=O) groups excluding carboxylic acids is 1. The monoisotopic (exact) mass is 306 g/mol. The van der Waals surface area contributed by atoms with E-state index >= 15 is 0 Å². The number of carbonyl (C=O) groups is 2. The first kappa shape index (κ1) is 15.7. The molecule has 0 aliphatic carbocycles. The normalized spacial score (nSPS) is 10.6. The zero-order valence-corrected chi connectivity index (χ0v) is 11.9. The van der Waals surface area contributed by atoms with Crippen LogP contribution in [0.2, 0.25) is 0 Å². The first-order chi connectivity index (χ1) is 10.4. The second-order valence-electron chi connectivity index (χ2n) is 4.81. The number of hydrogen-bond donors (Lipinski definition) is 2. The maximum absolute atomic E-state index is 14.2. The van der Waals surface area contributed by atoms with Gasteiger partial charge in [0.2, 0.25) is 5.91 Å². The second kappa shape index (κ2) is 6.38. The molecule has 0 radical (unpaired) electrons. The standard InChI is InChI=1S/C15H15FN2O4/c1-2-5-17-12(19)8-18-13(20)4-3-9-6-10(15(21)22)7-11(16)14(9)18/h3-4,6-7H,2,5,8H2,1H3,(H,17,19)(H,21,22). The summed E-state index contributed by atoms with van der Waals surface area (Å²) in [5.74, 6) is -2.52. The van der Waals surface area contributed by atoms with Crippen LogP contribution in [0.4, 0.5) is 4.39 Å². The lowest BCUT2D eigenvalue weighted by Crippen LogP contribution is -2.32. The third-order valence-corrected chi connectivity index (χ3v) is 3.16. The van der Waals surface area contributed by atoms with Gasteiger partial charge in [-0.15, -0.1) is 0 Å². The molecule has 116 valence electrons. The number of rotatable bonds is 5. The molecule has 22 heavy (non-hydrogen) atoms. The summed E-state index contributed by atoms with van der Waals surface area (Å²) in [7, 11) is 0. The number of amides is 1. The third kappa shape index (κ3) is 3.13. The van der Waals surface area contributed by atoms with Crippen LogP contribution >= 0.6 is 0 Å². The van der Waals surface area contributed by atoms with E-state index in [1.165, 1.54) is 18.2 Å². The summed E-state index contributed by atoms with van der Waals surface area (Å²) in [5.41, 5.74) is -0.823. The maximum Gasteiger partial charge on any atom is 0.335 e. The lowest BCUT2D eigenvalue weighted by Gasteiger charge is -2.11. The molecule has 2 rings (SSSR count). The lowest BCUT2D eigenvalue weighted by atomic mass is 10.1. The van der Waals surface area contributed by atoms with E-state index in [4.69, 9.17) is 5.11 Å². The number of hydrogen-bond acceptors (Lipinski definition) is 3. The Kier molecular flexibility index (Phi) is 4.55. The molecule has 1 heterocycles. The summed E-state index contributed by atoms with van der Waals surface area (Å²) in [4.78, 5) is 34.6. The Hall–Kier alpha value is -2.70. The van der Waals surface area contributed by atoms with E-state index in [1.54, 1.807) is 0 Å². The van der Waals surface area contributed by atoms with E-state index < -0.39 is 23.3 Å². The number of aromatic nitrogens is 1. The highest BCUT2D eigenvalue weighted by molar-refractivity contribution is 5.94. The molecule has 0 aliphatic rings. The van der Waals surface area contributed by atoms with Crippen LogP contribution in [0.5, 0.6) is 0 Å². The average Bonchev–Trinajstić information content (AvgIpc) is 2.47. The van der Waals surface area contributed by atoms with Crippen LogP contribution in [0.3, 0.4) is 0 Å². The Morgan fingerprint density at radius 1 is 1.32 bits per heavy atom. The van der Waals surface area contributed by atoms with E-state index in [1.807, 2.05) is 6.92 Å². The summed E-state index contributed by atoms with van der Waals surface area (Å²) >= 11 is 0. The lowest BCUT2D eigenvalue weighted by molar-refractivity contribution is -0.121. The molecule has 2 N–H and O–H groups in total. The number of nitrogens with zero attached hydrogens (tertiary/aromatic N) is 1. The van der Waals surface area contributed by atoms with Crippen molar-refractivity contribution in [3.05, 3.63) is 46.0 Å². The van der Waals surface area contributed by atoms with E-state index in [-0.39, 0.29) is 23.0 Å². The predicted octanol–water partition coefficient (Wildman–Crippen LogP) is 1.36. The Balaban J connectivity index is 2.54. The van der Waals surface area contributed by atoms with Gasteiger partial charge in [0, 0.05) is 18.0 Å². The number of fused-ring (bicyclic) bond motifs is 1. The van der Waals surface area contributed by atoms with Gasteiger partial charge in [-0.1, -0.05) is 6.92 Å². The number of nitrogens with one attached hydrogen (secondary N) is 1. The largest absolute Gasteiger partial charge is 0.478 e. The van der Waals surface area contributed by atoms with Crippen molar-refractivity contribution < 1.29 is 19.1 Å². The fraction of sp³-hybridized carbons (Fsp3) is 0.267. The molecule has 7 heteroatoms. The molecule has 0 fully saturated rings. The van der Waals surface area contributed by atoms with Gasteiger partial charge in [-0.25, -0.2) is 9.18 Å². The van der Waals surface area contributed by atoms with Crippen LogP contribution in [0, 0.1) is 5.82 Å². The van der Waals surface area contributed by atoms with Crippen molar-refractivity contribution in [2.75, 3.05) is 6.54 Å². The Bertz CT molecular complexity index is 798. The smallest absolute Gasteiger partial charge is 0.335 e. The molecule has 0 spiro atoms. The minimum absolute atomic E-state index is 0.0795. The van der Waals surface area contributed by atoms with E-state index in [2.05, 4.69) is 5.32 Å². The van der Waals surface area contributed by atoms with Crippen molar-refractivity contribution in [1.82, 2.24) is 9.88 Å². The highest BCUT2D eigenvalue weighted by atomic mass is 19.1. The van der Waals surface area contributed by atoms with E-state index in [0.717, 1.165) is 17.1 Å². The fourth-order valence-electron chi connectivity index (χ4n) is 2.14. The molecule has 0 bridgehead atoms. The number of carboxylic acid groups (broad SMARTS) is 1. The highest BCUT2D eigenvalue weighted by Crippen LogP contribution is 2.19. The summed E-state index contributed by atoms with van der Waals surface area (Å²) in [6.07, 6.45) is 0.743. The number of benzene rings is 1. The molecule has 1 aromatic heterocycles. The Morgan fingerprint density at radius 3 is 2.68 bits per heavy atom. The fourth-order valence-corrected chi connectivity index (χ4v) is 2.14. The Morgan fingerprint density at radius 2 is 2.05 bits per heavy atom. The van der Waals surface area contributed by atoms with Crippen molar-refractivity contribution in [3.63, 3.8) is 0 Å². The molecule has 1 aromatic carbocycles. The molecule has 0 aliphatic heterocycles. The van der Waals surface area contributed by atoms with Gasteiger partial charge in [0.15, 0.2) is 0 Å². The quantitative estimate of drug-likeness (QED) is 0.873. The van der Waals surface area contributed by atoms with Crippen LogP contribution in [-0.4, -0.2) is 28.1 Å². The van der Waals surface area contributed by atoms with Crippen molar-refractivity contribution in [2.45, 2.75) is 19.9 Å². The topological polar surface area (TPSA) is 88.4 Å². The molecular formula is C15H15FN2O4. The molecule has 1 amide bonds. The van der Waals surface area contributed by atoms with Crippen LogP contribution in [0.15, 0.2) is 29.1 Å². The first-order valence-electron chi connectivity index (χ1n) is 6.77. The van der Waals surface area contributed by atoms with Gasteiger partial charge in [-0.05, 0) is 24.6 Å². The summed E-state index contributed by atoms with van der Waals surface area (Å²) in [6.45, 7) is 2.03. The molecule has 0 saturated heterocycles. The molecule has 0 unspecified atom stereocenters. The van der Waals surface area contributed by atoms with E-state index in [9.17, 15) is 18.8 Å². The van der Waals surface area contributed by atoms with Crippen LogP contribution in [0.25, 0.3) is 10.9 Å². The molecular weight excluding hydrogens is 291 g/mol. The van der Waals surface area contributed by atoms with Gasteiger partial charge in [0.1, 0.15) is 12.4 Å². The van der Waals surface area contributed by atoms with Gasteiger partial charge in [0.25, 0.3) is 5.56 Å².